The topological polar surface area (TPSA) is 54.4 Å². The molecule has 1 fully saturated rings. The molecule has 3 nitrogen and oxygen atoms in total. The Morgan fingerprint density at radius 3 is 2.41 bits per heavy atom. The van der Waals surface area contributed by atoms with Crippen LogP contribution >= 0.6 is 0 Å². The van der Waals surface area contributed by atoms with Crippen LogP contribution < -0.4 is 0 Å². The Hall–Kier alpha value is -0.380. The van der Waals surface area contributed by atoms with Crippen LogP contribution in [0.3, 0.4) is 0 Å². The van der Waals surface area contributed by atoms with Gasteiger partial charge in [-0.25, -0.2) is 0 Å². The van der Waals surface area contributed by atoms with E-state index in [1.165, 1.54) is 6.42 Å². The highest BCUT2D eigenvalue weighted by molar-refractivity contribution is 7.87. The van der Waals surface area contributed by atoms with Gasteiger partial charge in [0.05, 0.1) is 0 Å². The van der Waals surface area contributed by atoms with Crippen LogP contribution in [0.15, 0.2) is 0 Å². The van der Waals surface area contributed by atoms with Crippen LogP contribution in [0.2, 0.25) is 0 Å². The summed E-state index contributed by atoms with van der Waals surface area (Å²) < 4.78 is 12.5. The summed E-state index contributed by atoms with van der Waals surface area (Å²) in [5.41, 5.74) is 0. The van der Waals surface area contributed by atoms with Gasteiger partial charge in [-0.05, 0) is 24.7 Å². The first kappa shape index (κ1) is 14.7. The fourth-order valence-corrected chi connectivity index (χ4v) is 5.01. The van der Waals surface area contributed by atoms with E-state index >= 15 is 0 Å². The lowest BCUT2D eigenvalue weighted by Gasteiger charge is -2.32. The summed E-state index contributed by atoms with van der Waals surface area (Å²) in [7, 11) is -1.23. The summed E-state index contributed by atoms with van der Waals surface area (Å²) in [5, 5.41) is 8.60. The quantitative estimate of drug-likeness (QED) is 0.827. The third-order valence-corrected chi connectivity index (χ3v) is 6.23. The van der Waals surface area contributed by atoms with E-state index in [9.17, 15) is 14.1 Å². The highest BCUT2D eigenvalue weighted by atomic mass is 32.2. The lowest BCUT2D eigenvalue weighted by molar-refractivity contribution is -0.137. The number of aliphatic carboxylic acids is 1. The van der Waals surface area contributed by atoms with Crippen LogP contribution in [0.25, 0.3) is 0 Å². The van der Waals surface area contributed by atoms with Crippen molar-refractivity contribution in [2.75, 3.05) is 0 Å². The van der Waals surface area contributed by atoms with Gasteiger partial charge in [0.2, 0.25) is 0 Å². The highest BCUT2D eigenvalue weighted by Crippen LogP contribution is 2.32. The molecule has 0 aromatic carbocycles. The number of carboxylic acid groups (broad SMARTS) is 1. The number of hydrogen-bond donors (Lipinski definition) is 1. The molecule has 0 aromatic rings. The van der Waals surface area contributed by atoms with Crippen molar-refractivity contribution >= 4 is 16.8 Å². The maximum atomic E-state index is 12.5. The SMILES string of the molecule is CCC1CCCCC1S(=O)C(C(=O)O)C(C)C. The van der Waals surface area contributed by atoms with E-state index in [0.29, 0.717) is 5.92 Å². The minimum Gasteiger partial charge on any atom is -0.480 e. The molecular weight excluding hydrogens is 236 g/mol. The van der Waals surface area contributed by atoms with Crippen molar-refractivity contribution in [1.29, 1.82) is 0 Å². The molecule has 100 valence electrons. The second kappa shape index (κ2) is 6.53. The Morgan fingerprint density at radius 2 is 1.94 bits per heavy atom. The third-order valence-electron chi connectivity index (χ3n) is 3.76. The summed E-state index contributed by atoms with van der Waals surface area (Å²) >= 11 is 0. The van der Waals surface area contributed by atoms with Gasteiger partial charge in [0, 0.05) is 16.0 Å². The molecule has 0 bridgehead atoms. The van der Waals surface area contributed by atoms with E-state index in [0.717, 1.165) is 25.7 Å². The number of carboxylic acids is 1. The molecule has 0 aliphatic heterocycles. The van der Waals surface area contributed by atoms with E-state index in [2.05, 4.69) is 6.92 Å². The molecule has 0 amide bonds. The number of carbonyl (C=O) groups is 1. The fraction of sp³-hybridized carbons (Fsp3) is 0.923. The van der Waals surface area contributed by atoms with Gasteiger partial charge in [0.1, 0.15) is 5.25 Å². The van der Waals surface area contributed by atoms with Gasteiger partial charge in [-0.1, -0.05) is 40.0 Å². The Labute approximate surface area is 106 Å². The highest BCUT2D eigenvalue weighted by Gasteiger charge is 2.37. The molecule has 1 aliphatic rings. The lowest BCUT2D eigenvalue weighted by Crippen LogP contribution is -2.40. The molecule has 0 radical (unpaired) electrons. The van der Waals surface area contributed by atoms with E-state index < -0.39 is 22.0 Å². The molecule has 1 saturated carbocycles. The van der Waals surface area contributed by atoms with Crippen LogP contribution in [0.4, 0.5) is 0 Å². The Balaban J connectivity index is 2.81. The normalized spacial score (nSPS) is 28.9. The summed E-state index contributed by atoms with van der Waals surface area (Å²) in [6.07, 6.45) is 5.35. The van der Waals surface area contributed by atoms with E-state index in [1.807, 2.05) is 13.8 Å². The van der Waals surface area contributed by atoms with E-state index in [4.69, 9.17) is 0 Å². The molecule has 4 heteroatoms. The molecule has 1 rings (SSSR count). The van der Waals surface area contributed by atoms with Crippen LogP contribution in [0.1, 0.15) is 52.9 Å². The second-order valence-electron chi connectivity index (χ2n) is 5.32. The molecular formula is C13H24O3S. The maximum absolute atomic E-state index is 12.5. The zero-order valence-electron chi connectivity index (χ0n) is 11.0. The van der Waals surface area contributed by atoms with Gasteiger partial charge in [-0.2, -0.15) is 0 Å². The summed E-state index contributed by atoms with van der Waals surface area (Å²) in [4.78, 5) is 11.2. The smallest absolute Gasteiger partial charge is 0.319 e. The van der Waals surface area contributed by atoms with Crippen molar-refractivity contribution < 1.29 is 14.1 Å². The predicted molar refractivity (Wildman–Crippen MR) is 70.4 cm³/mol. The van der Waals surface area contributed by atoms with Gasteiger partial charge in [-0.3, -0.25) is 9.00 Å². The first-order valence-electron chi connectivity index (χ1n) is 6.61. The van der Waals surface area contributed by atoms with Gasteiger partial charge >= 0.3 is 5.97 Å². The van der Waals surface area contributed by atoms with Crippen molar-refractivity contribution in [2.45, 2.75) is 63.4 Å². The third kappa shape index (κ3) is 3.54. The van der Waals surface area contributed by atoms with Crippen LogP contribution in [-0.4, -0.2) is 25.8 Å². The molecule has 0 heterocycles. The van der Waals surface area contributed by atoms with Crippen molar-refractivity contribution in [1.82, 2.24) is 0 Å². The van der Waals surface area contributed by atoms with E-state index in [-0.39, 0.29) is 11.2 Å². The first-order chi connectivity index (χ1) is 7.99. The number of hydrogen-bond acceptors (Lipinski definition) is 2. The summed E-state index contributed by atoms with van der Waals surface area (Å²) in [6, 6.07) is 0. The molecule has 4 atom stereocenters. The number of rotatable bonds is 5. The Bertz CT molecular complexity index is 288. The summed E-state index contributed by atoms with van der Waals surface area (Å²) in [5.74, 6) is -0.517. The zero-order chi connectivity index (χ0) is 13.0. The monoisotopic (exact) mass is 260 g/mol. The molecule has 1 N–H and O–H groups in total. The Kier molecular flexibility index (Phi) is 5.63. The maximum Gasteiger partial charge on any atom is 0.319 e. The lowest BCUT2D eigenvalue weighted by atomic mass is 9.87. The molecule has 0 aromatic heterocycles. The van der Waals surface area contributed by atoms with Crippen molar-refractivity contribution in [3.63, 3.8) is 0 Å². The van der Waals surface area contributed by atoms with Crippen LogP contribution in [-0.2, 0) is 15.6 Å². The van der Waals surface area contributed by atoms with Gasteiger partial charge in [0.25, 0.3) is 0 Å². The molecule has 0 spiro atoms. The van der Waals surface area contributed by atoms with Crippen LogP contribution in [0.5, 0.6) is 0 Å². The standard InChI is InChI=1S/C13H24O3S/c1-4-10-7-5-6-8-11(10)17(16)12(9(2)3)13(14)15/h9-12H,4-8H2,1-3H3,(H,14,15). The fourth-order valence-electron chi connectivity index (χ4n) is 2.79. The van der Waals surface area contributed by atoms with Crippen molar-refractivity contribution in [3.8, 4) is 0 Å². The van der Waals surface area contributed by atoms with Gasteiger partial charge in [0.15, 0.2) is 0 Å². The Morgan fingerprint density at radius 1 is 1.35 bits per heavy atom. The predicted octanol–water partition coefficient (Wildman–Crippen LogP) is 2.81. The minimum absolute atomic E-state index is 0.0623. The first-order valence-corrected chi connectivity index (χ1v) is 7.88. The second-order valence-corrected chi connectivity index (χ2v) is 7.09. The van der Waals surface area contributed by atoms with E-state index in [1.54, 1.807) is 0 Å². The van der Waals surface area contributed by atoms with Crippen LogP contribution in [0, 0.1) is 11.8 Å². The molecule has 17 heavy (non-hydrogen) atoms. The van der Waals surface area contributed by atoms with Crippen molar-refractivity contribution in [3.05, 3.63) is 0 Å². The van der Waals surface area contributed by atoms with Crippen molar-refractivity contribution in [2.24, 2.45) is 11.8 Å². The average molecular weight is 260 g/mol. The summed E-state index contributed by atoms with van der Waals surface area (Å²) in [6.45, 7) is 5.81. The van der Waals surface area contributed by atoms with Gasteiger partial charge < -0.3 is 5.11 Å². The molecule has 4 unspecified atom stereocenters. The molecule has 1 aliphatic carbocycles. The minimum atomic E-state index is -1.23. The molecule has 0 saturated heterocycles. The van der Waals surface area contributed by atoms with Gasteiger partial charge in [-0.15, -0.1) is 0 Å². The zero-order valence-corrected chi connectivity index (χ0v) is 11.8. The largest absolute Gasteiger partial charge is 0.480 e. The average Bonchev–Trinajstić information content (AvgIpc) is 2.27.